The van der Waals surface area contributed by atoms with Gasteiger partial charge in [0.1, 0.15) is 5.75 Å². The summed E-state index contributed by atoms with van der Waals surface area (Å²) in [4.78, 5) is 14.0. The zero-order valence-corrected chi connectivity index (χ0v) is 16.1. The van der Waals surface area contributed by atoms with Gasteiger partial charge in [-0.15, -0.1) is 0 Å². The van der Waals surface area contributed by atoms with Crippen LogP contribution >= 0.6 is 0 Å². The SMILES string of the molecule is CCCCCOc1cc(N(C)C(=O)C=Cc2ccc(O)cc2)ccc1OC. The van der Waals surface area contributed by atoms with Gasteiger partial charge >= 0.3 is 0 Å². The fourth-order valence-corrected chi connectivity index (χ4v) is 2.51. The molecule has 0 aliphatic carbocycles. The van der Waals surface area contributed by atoms with E-state index in [0.717, 1.165) is 30.5 Å². The van der Waals surface area contributed by atoms with Gasteiger partial charge in [-0.1, -0.05) is 31.9 Å². The number of nitrogens with zero attached hydrogens (tertiary/aromatic N) is 1. The number of phenols is 1. The molecule has 0 bridgehead atoms. The quantitative estimate of drug-likeness (QED) is 0.516. The first-order chi connectivity index (χ1) is 13.0. The van der Waals surface area contributed by atoms with Crippen LogP contribution in [0.1, 0.15) is 31.7 Å². The van der Waals surface area contributed by atoms with Gasteiger partial charge in [-0.2, -0.15) is 0 Å². The van der Waals surface area contributed by atoms with Crippen LogP contribution in [0.3, 0.4) is 0 Å². The molecule has 5 heteroatoms. The minimum absolute atomic E-state index is 0.162. The molecule has 2 rings (SSSR count). The molecule has 1 N–H and O–H groups in total. The monoisotopic (exact) mass is 369 g/mol. The average molecular weight is 369 g/mol. The number of phenolic OH excluding ortho intramolecular Hbond substituents is 1. The number of carbonyl (C=O) groups is 1. The zero-order chi connectivity index (χ0) is 19.6. The van der Waals surface area contributed by atoms with Crippen molar-refractivity contribution in [3.63, 3.8) is 0 Å². The van der Waals surface area contributed by atoms with Crippen molar-refractivity contribution in [3.05, 3.63) is 54.1 Å². The van der Waals surface area contributed by atoms with E-state index < -0.39 is 0 Å². The number of hydrogen-bond donors (Lipinski definition) is 1. The molecule has 0 unspecified atom stereocenters. The summed E-state index contributed by atoms with van der Waals surface area (Å²) in [6, 6.07) is 12.1. The second-order valence-electron chi connectivity index (χ2n) is 6.21. The minimum Gasteiger partial charge on any atom is -0.508 e. The lowest BCUT2D eigenvalue weighted by molar-refractivity contribution is -0.113. The van der Waals surface area contributed by atoms with Crippen LogP contribution in [0.15, 0.2) is 48.5 Å². The van der Waals surface area contributed by atoms with E-state index in [4.69, 9.17) is 9.47 Å². The van der Waals surface area contributed by atoms with Gasteiger partial charge in [-0.3, -0.25) is 4.79 Å². The molecule has 144 valence electrons. The van der Waals surface area contributed by atoms with Gasteiger partial charge in [-0.05, 0) is 42.3 Å². The van der Waals surface area contributed by atoms with Gasteiger partial charge in [0.15, 0.2) is 11.5 Å². The number of aromatic hydroxyl groups is 1. The molecular formula is C22H27NO4. The Balaban J connectivity index is 2.08. The summed E-state index contributed by atoms with van der Waals surface area (Å²) >= 11 is 0. The summed E-state index contributed by atoms with van der Waals surface area (Å²) in [6.45, 7) is 2.76. The Hall–Kier alpha value is -2.95. The Bertz CT molecular complexity index is 768. The predicted molar refractivity (Wildman–Crippen MR) is 109 cm³/mol. The summed E-state index contributed by atoms with van der Waals surface area (Å²) in [5.74, 6) is 1.31. The summed E-state index contributed by atoms with van der Waals surface area (Å²) in [5.41, 5.74) is 1.56. The number of unbranched alkanes of at least 4 members (excludes halogenated alkanes) is 2. The molecule has 5 nitrogen and oxygen atoms in total. The second-order valence-corrected chi connectivity index (χ2v) is 6.21. The lowest BCUT2D eigenvalue weighted by Gasteiger charge is -2.18. The summed E-state index contributed by atoms with van der Waals surface area (Å²) in [7, 11) is 3.31. The number of benzene rings is 2. The molecule has 0 fully saturated rings. The van der Waals surface area contributed by atoms with Crippen LogP contribution in [0.25, 0.3) is 6.08 Å². The number of carbonyl (C=O) groups excluding carboxylic acids is 1. The maximum atomic E-state index is 12.5. The van der Waals surface area contributed by atoms with Gasteiger partial charge < -0.3 is 19.5 Å². The standard InChI is InChI=1S/C22H27NO4/c1-4-5-6-15-27-21-16-18(10-13-20(21)26-3)23(2)22(25)14-9-17-7-11-19(24)12-8-17/h7-14,16,24H,4-6,15H2,1-3H3. The van der Waals surface area contributed by atoms with Crippen LogP contribution in [0.5, 0.6) is 17.2 Å². The van der Waals surface area contributed by atoms with Crippen molar-refractivity contribution >= 4 is 17.7 Å². The number of methoxy groups -OCH3 is 1. The molecule has 0 heterocycles. The molecule has 0 spiro atoms. The van der Waals surface area contributed by atoms with Crippen LogP contribution in [0, 0.1) is 0 Å². The largest absolute Gasteiger partial charge is 0.508 e. The van der Waals surface area contributed by atoms with E-state index in [1.807, 2.05) is 12.1 Å². The molecule has 0 atom stereocenters. The molecule has 2 aromatic rings. The highest BCUT2D eigenvalue weighted by Crippen LogP contribution is 2.32. The minimum atomic E-state index is -0.162. The first kappa shape index (κ1) is 20.4. The summed E-state index contributed by atoms with van der Waals surface area (Å²) < 4.78 is 11.2. The van der Waals surface area contributed by atoms with Crippen LogP contribution in [-0.4, -0.2) is 31.8 Å². The van der Waals surface area contributed by atoms with Crippen molar-refractivity contribution in [1.82, 2.24) is 0 Å². The number of hydrogen-bond acceptors (Lipinski definition) is 4. The Morgan fingerprint density at radius 3 is 2.52 bits per heavy atom. The van der Waals surface area contributed by atoms with E-state index in [1.165, 1.54) is 6.08 Å². The van der Waals surface area contributed by atoms with Crippen molar-refractivity contribution in [1.29, 1.82) is 0 Å². The molecule has 2 aromatic carbocycles. The number of likely N-dealkylation sites (N-methyl/N-ethyl adjacent to an activating group) is 1. The topological polar surface area (TPSA) is 59.0 Å². The fraction of sp³-hybridized carbons (Fsp3) is 0.318. The Morgan fingerprint density at radius 2 is 1.85 bits per heavy atom. The maximum absolute atomic E-state index is 12.5. The number of ether oxygens (including phenoxy) is 2. The smallest absolute Gasteiger partial charge is 0.250 e. The van der Waals surface area contributed by atoms with Crippen LogP contribution in [0.2, 0.25) is 0 Å². The van der Waals surface area contributed by atoms with Gasteiger partial charge in [-0.25, -0.2) is 0 Å². The lowest BCUT2D eigenvalue weighted by Crippen LogP contribution is -2.24. The van der Waals surface area contributed by atoms with Gasteiger partial charge in [0.05, 0.1) is 13.7 Å². The lowest BCUT2D eigenvalue weighted by atomic mass is 10.2. The molecule has 1 amide bonds. The van der Waals surface area contributed by atoms with Crippen LogP contribution < -0.4 is 14.4 Å². The molecule has 0 aliphatic heterocycles. The van der Waals surface area contributed by atoms with Gasteiger partial charge in [0.25, 0.3) is 5.91 Å². The van der Waals surface area contributed by atoms with Crippen molar-refractivity contribution in [2.45, 2.75) is 26.2 Å². The van der Waals surface area contributed by atoms with E-state index >= 15 is 0 Å². The third kappa shape index (κ3) is 6.06. The van der Waals surface area contributed by atoms with E-state index in [1.54, 1.807) is 55.5 Å². The number of amides is 1. The third-order valence-corrected chi connectivity index (χ3v) is 4.18. The third-order valence-electron chi connectivity index (χ3n) is 4.18. The van der Waals surface area contributed by atoms with Gasteiger partial charge in [0, 0.05) is 24.9 Å². The van der Waals surface area contributed by atoms with Crippen molar-refractivity contribution < 1.29 is 19.4 Å². The Kier molecular flexibility index (Phi) is 7.74. The maximum Gasteiger partial charge on any atom is 0.250 e. The highest BCUT2D eigenvalue weighted by atomic mass is 16.5. The highest BCUT2D eigenvalue weighted by Gasteiger charge is 2.12. The number of rotatable bonds is 9. The second kappa shape index (κ2) is 10.3. The average Bonchev–Trinajstić information content (AvgIpc) is 2.69. The highest BCUT2D eigenvalue weighted by molar-refractivity contribution is 6.03. The first-order valence-electron chi connectivity index (χ1n) is 9.10. The van der Waals surface area contributed by atoms with E-state index in [0.29, 0.717) is 18.1 Å². The molecule has 27 heavy (non-hydrogen) atoms. The summed E-state index contributed by atoms with van der Waals surface area (Å²) in [5, 5.41) is 9.31. The van der Waals surface area contributed by atoms with Crippen molar-refractivity contribution in [2.75, 3.05) is 25.7 Å². The van der Waals surface area contributed by atoms with Gasteiger partial charge in [0.2, 0.25) is 0 Å². The molecule has 0 aromatic heterocycles. The van der Waals surface area contributed by atoms with E-state index in [-0.39, 0.29) is 11.7 Å². The van der Waals surface area contributed by atoms with Crippen LogP contribution in [-0.2, 0) is 4.79 Å². The number of anilines is 1. The predicted octanol–water partition coefficient (Wildman–Crippen LogP) is 4.65. The first-order valence-corrected chi connectivity index (χ1v) is 9.10. The molecular weight excluding hydrogens is 342 g/mol. The van der Waals surface area contributed by atoms with Crippen LogP contribution in [0.4, 0.5) is 5.69 Å². The Morgan fingerprint density at radius 1 is 1.11 bits per heavy atom. The molecule has 0 saturated heterocycles. The molecule has 0 radical (unpaired) electrons. The van der Waals surface area contributed by atoms with Crippen molar-refractivity contribution in [3.8, 4) is 17.2 Å². The molecule has 0 aliphatic rings. The summed E-state index contributed by atoms with van der Waals surface area (Å²) in [6.07, 6.45) is 6.43. The zero-order valence-electron chi connectivity index (χ0n) is 16.1. The Labute approximate surface area is 160 Å². The normalized spacial score (nSPS) is 10.8. The van der Waals surface area contributed by atoms with E-state index in [9.17, 15) is 9.90 Å². The fourth-order valence-electron chi connectivity index (χ4n) is 2.51. The molecule has 0 saturated carbocycles. The van der Waals surface area contributed by atoms with Crippen molar-refractivity contribution in [2.24, 2.45) is 0 Å². The van der Waals surface area contributed by atoms with E-state index in [2.05, 4.69) is 6.92 Å².